The normalized spacial score (nSPS) is 16.6. The SMILES string of the molecule is Cc1c(Cl)cccc1NC(=O)[C@H]1CN(S(C)(=O)=O)c2cc(Cl)ccc2O1. The van der Waals surface area contributed by atoms with Crippen molar-refractivity contribution in [3.8, 4) is 5.75 Å². The van der Waals surface area contributed by atoms with Crippen molar-refractivity contribution in [1.82, 2.24) is 0 Å². The van der Waals surface area contributed by atoms with Gasteiger partial charge in [-0.1, -0.05) is 29.3 Å². The van der Waals surface area contributed by atoms with Gasteiger partial charge in [0.25, 0.3) is 5.91 Å². The number of carbonyl (C=O) groups excluding carboxylic acids is 1. The van der Waals surface area contributed by atoms with Crippen LogP contribution in [0.4, 0.5) is 11.4 Å². The molecule has 6 nitrogen and oxygen atoms in total. The van der Waals surface area contributed by atoms with E-state index in [1.165, 1.54) is 6.07 Å². The van der Waals surface area contributed by atoms with E-state index in [4.69, 9.17) is 27.9 Å². The van der Waals surface area contributed by atoms with E-state index in [-0.39, 0.29) is 12.3 Å². The van der Waals surface area contributed by atoms with Gasteiger partial charge in [0.2, 0.25) is 10.0 Å². The summed E-state index contributed by atoms with van der Waals surface area (Å²) in [6, 6.07) is 9.75. The van der Waals surface area contributed by atoms with Crippen molar-refractivity contribution in [3.05, 3.63) is 52.0 Å². The molecular formula is C17H16Cl2N2O4S. The molecule has 0 fully saturated rings. The molecule has 0 saturated heterocycles. The summed E-state index contributed by atoms with van der Waals surface area (Å²) in [5, 5.41) is 3.63. The maximum absolute atomic E-state index is 12.7. The third kappa shape index (κ3) is 3.75. The summed E-state index contributed by atoms with van der Waals surface area (Å²) in [5.41, 5.74) is 1.56. The quantitative estimate of drug-likeness (QED) is 0.833. The smallest absolute Gasteiger partial charge is 0.267 e. The molecule has 0 unspecified atom stereocenters. The summed E-state index contributed by atoms with van der Waals surface area (Å²) in [7, 11) is -3.62. The van der Waals surface area contributed by atoms with Gasteiger partial charge in [-0.25, -0.2) is 8.42 Å². The topological polar surface area (TPSA) is 75.7 Å². The molecule has 0 spiro atoms. The standard InChI is InChI=1S/C17H16Cl2N2O4S/c1-10-12(19)4-3-5-13(10)20-17(22)16-9-21(26(2,23)24)14-8-11(18)6-7-15(14)25-16/h3-8,16H,9H2,1-2H3,(H,20,22)/t16-/m1/s1. The molecule has 2 aromatic rings. The monoisotopic (exact) mass is 414 g/mol. The third-order valence-electron chi connectivity index (χ3n) is 4.01. The van der Waals surface area contributed by atoms with E-state index in [2.05, 4.69) is 5.32 Å². The van der Waals surface area contributed by atoms with Gasteiger partial charge in [-0.3, -0.25) is 9.10 Å². The first kappa shape index (κ1) is 18.8. The summed E-state index contributed by atoms with van der Waals surface area (Å²) < 4.78 is 31.2. The average Bonchev–Trinajstić information content (AvgIpc) is 2.57. The van der Waals surface area contributed by atoms with Crippen LogP contribution in [0, 0.1) is 6.92 Å². The van der Waals surface area contributed by atoms with Crippen LogP contribution in [-0.2, 0) is 14.8 Å². The zero-order valence-corrected chi connectivity index (χ0v) is 16.3. The number of carbonyl (C=O) groups is 1. The highest BCUT2D eigenvalue weighted by molar-refractivity contribution is 7.92. The molecule has 1 amide bonds. The van der Waals surface area contributed by atoms with Crippen molar-refractivity contribution in [3.63, 3.8) is 0 Å². The number of amides is 1. The second kappa shape index (κ2) is 6.98. The van der Waals surface area contributed by atoms with Crippen LogP contribution < -0.4 is 14.4 Å². The largest absolute Gasteiger partial charge is 0.476 e. The number of halogens is 2. The Kier molecular flexibility index (Phi) is 5.05. The van der Waals surface area contributed by atoms with Crippen LogP contribution >= 0.6 is 23.2 Å². The van der Waals surface area contributed by atoms with Crippen molar-refractivity contribution in [2.75, 3.05) is 22.4 Å². The van der Waals surface area contributed by atoms with Crippen molar-refractivity contribution in [1.29, 1.82) is 0 Å². The third-order valence-corrected chi connectivity index (χ3v) is 5.80. The number of benzene rings is 2. The Labute approximate surface area is 161 Å². The molecule has 0 radical (unpaired) electrons. The summed E-state index contributed by atoms with van der Waals surface area (Å²) >= 11 is 12.0. The van der Waals surface area contributed by atoms with E-state index in [0.29, 0.717) is 27.0 Å². The number of anilines is 2. The Bertz CT molecular complexity index is 979. The van der Waals surface area contributed by atoms with Crippen LogP contribution in [0.2, 0.25) is 10.0 Å². The molecule has 2 aromatic carbocycles. The average molecular weight is 415 g/mol. The number of ether oxygens (including phenoxy) is 1. The van der Waals surface area contributed by atoms with Gasteiger partial charge >= 0.3 is 0 Å². The van der Waals surface area contributed by atoms with Gasteiger partial charge in [0, 0.05) is 15.7 Å². The molecule has 1 atom stereocenters. The second-order valence-corrected chi connectivity index (χ2v) is 8.66. The first-order valence-corrected chi connectivity index (χ1v) is 10.3. The number of nitrogens with one attached hydrogen (secondary N) is 1. The van der Waals surface area contributed by atoms with Gasteiger partial charge in [-0.05, 0) is 42.8 Å². The summed E-state index contributed by atoms with van der Waals surface area (Å²) in [4.78, 5) is 12.7. The molecule has 1 heterocycles. The lowest BCUT2D eigenvalue weighted by molar-refractivity contribution is -0.122. The number of hydrogen-bond acceptors (Lipinski definition) is 4. The van der Waals surface area contributed by atoms with Crippen LogP contribution in [-0.4, -0.2) is 33.2 Å². The Hall–Kier alpha value is -1.96. The molecule has 1 aliphatic heterocycles. The molecule has 26 heavy (non-hydrogen) atoms. The minimum atomic E-state index is -3.62. The fourth-order valence-electron chi connectivity index (χ4n) is 2.63. The lowest BCUT2D eigenvalue weighted by Gasteiger charge is -2.34. The Morgan fingerprint density at radius 1 is 1.27 bits per heavy atom. The van der Waals surface area contributed by atoms with E-state index >= 15 is 0 Å². The van der Waals surface area contributed by atoms with Crippen LogP contribution in [0.5, 0.6) is 5.75 Å². The molecule has 3 rings (SSSR count). The Balaban J connectivity index is 1.91. The summed E-state index contributed by atoms with van der Waals surface area (Å²) in [6.07, 6.45) is 0.0517. The Morgan fingerprint density at radius 3 is 2.69 bits per heavy atom. The first-order chi connectivity index (χ1) is 12.2. The summed E-state index contributed by atoms with van der Waals surface area (Å²) in [6.45, 7) is 1.62. The first-order valence-electron chi connectivity index (χ1n) is 7.66. The van der Waals surface area contributed by atoms with E-state index in [1.807, 2.05) is 0 Å². The molecule has 0 bridgehead atoms. The molecule has 9 heteroatoms. The van der Waals surface area contributed by atoms with Crippen molar-refractivity contribution < 1.29 is 17.9 Å². The number of hydrogen-bond donors (Lipinski definition) is 1. The van der Waals surface area contributed by atoms with E-state index in [0.717, 1.165) is 10.6 Å². The second-order valence-electron chi connectivity index (χ2n) is 5.91. The zero-order chi connectivity index (χ0) is 19.1. The van der Waals surface area contributed by atoms with Gasteiger partial charge in [-0.15, -0.1) is 0 Å². The summed E-state index contributed by atoms with van der Waals surface area (Å²) in [5.74, 6) is -0.196. The molecular weight excluding hydrogens is 399 g/mol. The van der Waals surface area contributed by atoms with Crippen LogP contribution in [0.25, 0.3) is 0 Å². The highest BCUT2D eigenvalue weighted by Crippen LogP contribution is 2.37. The molecule has 138 valence electrons. The number of fused-ring (bicyclic) bond motifs is 1. The van der Waals surface area contributed by atoms with E-state index < -0.39 is 22.0 Å². The van der Waals surface area contributed by atoms with E-state index in [1.54, 1.807) is 37.3 Å². The maximum Gasteiger partial charge on any atom is 0.267 e. The highest BCUT2D eigenvalue weighted by atomic mass is 35.5. The van der Waals surface area contributed by atoms with Crippen LogP contribution in [0.1, 0.15) is 5.56 Å². The zero-order valence-electron chi connectivity index (χ0n) is 14.0. The van der Waals surface area contributed by atoms with Gasteiger partial charge < -0.3 is 10.1 Å². The molecule has 1 aliphatic rings. The minimum absolute atomic E-state index is 0.155. The fourth-order valence-corrected chi connectivity index (χ4v) is 3.88. The van der Waals surface area contributed by atoms with Gasteiger partial charge in [0.1, 0.15) is 5.75 Å². The van der Waals surface area contributed by atoms with Crippen molar-refractivity contribution in [2.45, 2.75) is 13.0 Å². The predicted octanol–water partition coefficient (Wildman–Crippen LogP) is 3.47. The maximum atomic E-state index is 12.7. The van der Waals surface area contributed by atoms with Gasteiger partial charge in [0.15, 0.2) is 6.10 Å². The fraction of sp³-hybridized carbons (Fsp3) is 0.235. The molecule has 0 aliphatic carbocycles. The minimum Gasteiger partial charge on any atom is -0.476 e. The number of sulfonamides is 1. The van der Waals surface area contributed by atoms with Gasteiger partial charge in [0.05, 0.1) is 18.5 Å². The van der Waals surface area contributed by atoms with Gasteiger partial charge in [-0.2, -0.15) is 0 Å². The van der Waals surface area contributed by atoms with E-state index in [9.17, 15) is 13.2 Å². The van der Waals surface area contributed by atoms with Crippen LogP contribution in [0.15, 0.2) is 36.4 Å². The number of nitrogens with zero attached hydrogens (tertiary/aromatic N) is 1. The van der Waals surface area contributed by atoms with Crippen molar-refractivity contribution >= 4 is 50.5 Å². The lowest BCUT2D eigenvalue weighted by atomic mass is 10.1. The molecule has 1 N–H and O–H groups in total. The Morgan fingerprint density at radius 2 is 2.00 bits per heavy atom. The van der Waals surface area contributed by atoms with Crippen molar-refractivity contribution in [2.24, 2.45) is 0 Å². The number of rotatable bonds is 3. The predicted molar refractivity (Wildman–Crippen MR) is 103 cm³/mol. The highest BCUT2D eigenvalue weighted by Gasteiger charge is 2.35. The lowest BCUT2D eigenvalue weighted by Crippen LogP contribution is -2.48. The molecule has 0 saturated carbocycles. The van der Waals surface area contributed by atoms with Crippen LogP contribution in [0.3, 0.4) is 0 Å². The molecule has 0 aromatic heterocycles.